The van der Waals surface area contributed by atoms with E-state index in [1.165, 1.54) is 0 Å². The lowest BCUT2D eigenvalue weighted by Crippen LogP contribution is -2.41. The molecule has 1 saturated carbocycles. The van der Waals surface area contributed by atoms with Crippen LogP contribution < -0.4 is 4.90 Å². The lowest BCUT2D eigenvalue weighted by molar-refractivity contribution is -0.130. The van der Waals surface area contributed by atoms with E-state index in [2.05, 4.69) is 0 Å². The number of aliphatic hydroxyl groups is 1. The van der Waals surface area contributed by atoms with Crippen molar-refractivity contribution in [2.75, 3.05) is 31.6 Å². The minimum Gasteiger partial charge on any atom is -0.395 e. The van der Waals surface area contributed by atoms with Crippen molar-refractivity contribution >= 4 is 11.6 Å². The van der Waals surface area contributed by atoms with E-state index >= 15 is 0 Å². The van der Waals surface area contributed by atoms with Gasteiger partial charge in [0.15, 0.2) is 0 Å². The Morgan fingerprint density at radius 3 is 2.56 bits per heavy atom. The molecule has 1 aromatic rings. The molecule has 0 atom stereocenters. The average molecular weight is 248 g/mol. The Labute approximate surface area is 108 Å². The second kappa shape index (κ2) is 5.87. The fourth-order valence-electron chi connectivity index (χ4n) is 2.07. The molecule has 0 bridgehead atoms. The van der Waals surface area contributed by atoms with E-state index in [0.717, 1.165) is 18.5 Å². The molecule has 0 saturated heterocycles. The number of anilines is 1. The molecule has 1 N–H and O–H groups in total. The number of benzene rings is 1. The lowest BCUT2D eigenvalue weighted by Gasteiger charge is -2.25. The topological polar surface area (TPSA) is 43.8 Å². The molecular weight excluding hydrogens is 228 g/mol. The zero-order valence-corrected chi connectivity index (χ0v) is 10.7. The van der Waals surface area contributed by atoms with Crippen molar-refractivity contribution < 1.29 is 9.90 Å². The molecule has 1 aliphatic rings. The third-order valence-electron chi connectivity index (χ3n) is 3.22. The van der Waals surface area contributed by atoms with Gasteiger partial charge in [0.2, 0.25) is 5.91 Å². The molecule has 98 valence electrons. The fraction of sp³-hybridized carbons (Fsp3) is 0.500. The maximum Gasteiger partial charge on any atom is 0.242 e. The van der Waals surface area contributed by atoms with Crippen molar-refractivity contribution in [1.29, 1.82) is 0 Å². The van der Waals surface area contributed by atoms with Crippen LogP contribution in [0.5, 0.6) is 0 Å². The van der Waals surface area contributed by atoms with Crippen LogP contribution in [-0.4, -0.2) is 48.7 Å². The van der Waals surface area contributed by atoms with Crippen molar-refractivity contribution in [3.63, 3.8) is 0 Å². The Morgan fingerprint density at radius 2 is 2.00 bits per heavy atom. The Bertz CT molecular complexity index is 390. The molecule has 2 rings (SSSR count). The molecule has 1 fully saturated rings. The molecule has 1 aromatic carbocycles. The van der Waals surface area contributed by atoms with Crippen LogP contribution >= 0.6 is 0 Å². The van der Waals surface area contributed by atoms with Crippen LogP contribution in [0, 0.1) is 0 Å². The number of hydrogen-bond acceptors (Lipinski definition) is 3. The zero-order chi connectivity index (χ0) is 13.0. The molecule has 4 heteroatoms. The van der Waals surface area contributed by atoms with Gasteiger partial charge in [-0.25, -0.2) is 0 Å². The van der Waals surface area contributed by atoms with Crippen molar-refractivity contribution in [2.24, 2.45) is 0 Å². The summed E-state index contributed by atoms with van der Waals surface area (Å²) in [5, 5.41) is 9.01. The molecule has 18 heavy (non-hydrogen) atoms. The van der Waals surface area contributed by atoms with Crippen LogP contribution in [-0.2, 0) is 4.79 Å². The Morgan fingerprint density at radius 1 is 1.33 bits per heavy atom. The molecule has 0 unspecified atom stereocenters. The van der Waals surface area contributed by atoms with E-state index in [0.29, 0.717) is 19.1 Å². The number of para-hydroxylation sites is 1. The van der Waals surface area contributed by atoms with Gasteiger partial charge >= 0.3 is 0 Å². The number of rotatable bonds is 6. The van der Waals surface area contributed by atoms with Crippen LogP contribution in [0.25, 0.3) is 0 Å². The molecule has 0 aliphatic heterocycles. The summed E-state index contributed by atoms with van der Waals surface area (Å²) in [6, 6.07) is 10.2. The first-order chi connectivity index (χ1) is 8.72. The first-order valence-corrected chi connectivity index (χ1v) is 6.39. The molecule has 0 aromatic heterocycles. The van der Waals surface area contributed by atoms with Gasteiger partial charge < -0.3 is 14.9 Å². The standard InChI is InChI=1S/C14H20N2O2/c1-15(12-5-3-2-4-6-12)11-14(18)16(9-10-17)13-7-8-13/h2-6,13,17H,7-11H2,1H3. The predicted octanol–water partition coefficient (Wildman–Crippen LogP) is 1.11. The summed E-state index contributed by atoms with van der Waals surface area (Å²) < 4.78 is 0. The predicted molar refractivity (Wildman–Crippen MR) is 71.5 cm³/mol. The van der Waals surface area contributed by atoms with E-state index < -0.39 is 0 Å². The van der Waals surface area contributed by atoms with Crippen LogP contribution in [0.3, 0.4) is 0 Å². The van der Waals surface area contributed by atoms with E-state index in [1.807, 2.05) is 42.3 Å². The Hall–Kier alpha value is -1.55. The third-order valence-corrected chi connectivity index (χ3v) is 3.22. The number of likely N-dealkylation sites (N-methyl/N-ethyl adjacent to an activating group) is 1. The highest BCUT2D eigenvalue weighted by Crippen LogP contribution is 2.26. The van der Waals surface area contributed by atoms with Crippen LogP contribution in [0.4, 0.5) is 5.69 Å². The number of amides is 1. The highest BCUT2D eigenvalue weighted by molar-refractivity contribution is 5.82. The van der Waals surface area contributed by atoms with Gasteiger partial charge in [-0.2, -0.15) is 0 Å². The summed E-state index contributed by atoms with van der Waals surface area (Å²) in [4.78, 5) is 15.9. The summed E-state index contributed by atoms with van der Waals surface area (Å²) in [6.07, 6.45) is 2.14. The van der Waals surface area contributed by atoms with Gasteiger partial charge in [-0.1, -0.05) is 18.2 Å². The normalized spacial score (nSPS) is 14.3. The number of nitrogens with zero attached hydrogens (tertiary/aromatic N) is 2. The lowest BCUT2D eigenvalue weighted by atomic mass is 10.3. The minimum atomic E-state index is 0.0390. The zero-order valence-electron chi connectivity index (χ0n) is 10.7. The van der Waals surface area contributed by atoms with Crippen molar-refractivity contribution in [2.45, 2.75) is 18.9 Å². The molecule has 4 nitrogen and oxygen atoms in total. The van der Waals surface area contributed by atoms with Gasteiger partial charge in [0.05, 0.1) is 13.2 Å². The number of hydrogen-bond donors (Lipinski definition) is 1. The second-order valence-electron chi connectivity index (χ2n) is 4.73. The maximum absolute atomic E-state index is 12.2. The smallest absolute Gasteiger partial charge is 0.242 e. The van der Waals surface area contributed by atoms with Crippen molar-refractivity contribution in [3.8, 4) is 0 Å². The second-order valence-corrected chi connectivity index (χ2v) is 4.73. The summed E-state index contributed by atoms with van der Waals surface area (Å²) in [5.41, 5.74) is 1.03. The monoisotopic (exact) mass is 248 g/mol. The average Bonchev–Trinajstić information content (AvgIpc) is 3.21. The van der Waals surface area contributed by atoms with E-state index in [4.69, 9.17) is 5.11 Å². The van der Waals surface area contributed by atoms with Gasteiger partial charge in [-0.05, 0) is 25.0 Å². The van der Waals surface area contributed by atoms with Gasteiger partial charge in [-0.3, -0.25) is 4.79 Å². The maximum atomic E-state index is 12.2. The molecule has 1 aliphatic carbocycles. The SMILES string of the molecule is CN(CC(=O)N(CCO)C1CC1)c1ccccc1. The Balaban J connectivity index is 1.93. The van der Waals surface area contributed by atoms with E-state index in [-0.39, 0.29) is 12.5 Å². The van der Waals surface area contributed by atoms with E-state index in [1.54, 1.807) is 4.90 Å². The van der Waals surface area contributed by atoms with Crippen LogP contribution in [0.15, 0.2) is 30.3 Å². The fourth-order valence-corrected chi connectivity index (χ4v) is 2.07. The first kappa shape index (κ1) is 12.9. The third kappa shape index (κ3) is 3.23. The summed E-state index contributed by atoms with van der Waals surface area (Å²) in [6.45, 7) is 0.851. The summed E-state index contributed by atoms with van der Waals surface area (Å²) in [5.74, 6) is 0.0953. The highest BCUT2D eigenvalue weighted by Gasteiger charge is 2.32. The minimum absolute atomic E-state index is 0.0390. The molecule has 1 amide bonds. The van der Waals surface area contributed by atoms with E-state index in [9.17, 15) is 4.79 Å². The molecule has 0 radical (unpaired) electrons. The van der Waals surface area contributed by atoms with Crippen molar-refractivity contribution in [3.05, 3.63) is 30.3 Å². The molecule has 0 heterocycles. The molecular formula is C14H20N2O2. The molecule has 0 spiro atoms. The number of carbonyl (C=O) groups is 1. The highest BCUT2D eigenvalue weighted by atomic mass is 16.3. The summed E-state index contributed by atoms with van der Waals surface area (Å²) in [7, 11) is 1.91. The quantitative estimate of drug-likeness (QED) is 0.820. The van der Waals surface area contributed by atoms with Gasteiger partial charge in [0.1, 0.15) is 0 Å². The Kier molecular flexibility index (Phi) is 4.20. The number of aliphatic hydroxyl groups excluding tert-OH is 1. The number of carbonyl (C=O) groups excluding carboxylic acids is 1. The van der Waals surface area contributed by atoms with Gasteiger partial charge in [-0.15, -0.1) is 0 Å². The first-order valence-electron chi connectivity index (χ1n) is 6.39. The largest absolute Gasteiger partial charge is 0.395 e. The van der Waals surface area contributed by atoms with Crippen LogP contribution in [0.1, 0.15) is 12.8 Å². The van der Waals surface area contributed by atoms with Gasteiger partial charge in [0, 0.05) is 25.3 Å². The summed E-state index contributed by atoms with van der Waals surface area (Å²) >= 11 is 0. The van der Waals surface area contributed by atoms with Crippen molar-refractivity contribution in [1.82, 2.24) is 4.90 Å². The van der Waals surface area contributed by atoms with Gasteiger partial charge in [0.25, 0.3) is 0 Å². The van der Waals surface area contributed by atoms with Crippen LogP contribution in [0.2, 0.25) is 0 Å².